The Morgan fingerprint density at radius 1 is 0.787 bits per heavy atom. The van der Waals surface area contributed by atoms with Gasteiger partial charge in [-0.05, 0) is 0 Å². The van der Waals surface area contributed by atoms with Crippen LogP contribution in [0.25, 0.3) is 0 Å². The van der Waals surface area contributed by atoms with Gasteiger partial charge in [0.1, 0.15) is 0 Å². The van der Waals surface area contributed by atoms with E-state index in [9.17, 15) is 14.4 Å². The van der Waals surface area contributed by atoms with Crippen molar-refractivity contribution in [1.82, 2.24) is 0 Å². The zero-order chi connectivity index (χ0) is 34.3. The molecular weight excluding hydrogens is 651 g/mol. The van der Waals surface area contributed by atoms with Crippen LogP contribution >= 0.6 is 0 Å². The number of benzene rings is 1. The number of carbonyl (C=O) groups excluding carboxylic acids is 3. The number of allylic oxidation sites excluding steroid dienone is 2. The molecule has 5 aliphatic rings. The van der Waals surface area contributed by atoms with Crippen LogP contribution in [-0.4, -0.2) is 44.3 Å². The van der Waals surface area contributed by atoms with Gasteiger partial charge in [-0.3, -0.25) is 9.59 Å². The van der Waals surface area contributed by atoms with E-state index in [1.54, 1.807) is 5.57 Å². The SMILES string of the molecule is CC(=O)OC[C@@]1(C)C2CC[C@]3(C)C(CC=C4[C@]5(C)CC(C)(C)CC[C@]5(C(=O)[Se]c5ccccc5)CC[C@]43C)[C@@]2(C)CC[C@@H]1OC(C)=O. The van der Waals surface area contributed by atoms with Gasteiger partial charge in [-0.2, -0.15) is 0 Å². The van der Waals surface area contributed by atoms with E-state index in [1.165, 1.54) is 18.3 Å². The molecule has 47 heavy (non-hydrogen) atoms. The summed E-state index contributed by atoms with van der Waals surface area (Å²) >= 11 is -0.197. The van der Waals surface area contributed by atoms with Crippen LogP contribution in [-0.2, 0) is 23.9 Å². The Morgan fingerprint density at radius 3 is 2.13 bits per heavy atom. The summed E-state index contributed by atoms with van der Waals surface area (Å²) in [6, 6.07) is 10.5. The van der Waals surface area contributed by atoms with Crippen LogP contribution in [0.2, 0.25) is 0 Å². The summed E-state index contributed by atoms with van der Waals surface area (Å²) < 4.78 is 13.4. The van der Waals surface area contributed by atoms with Crippen molar-refractivity contribution in [3.05, 3.63) is 42.0 Å². The minimum atomic E-state index is -0.441. The molecule has 5 nitrogen and oxygen atoms in total. The maximum absolute atomic E-state index is 14.7. The molecule has 0 N–H and O–H groups in total. The van der Waals surface area contributed by atoms with Crippen molar-refractivity contribution in [2.45, 2.75) is 133 Å². The van der Waals surface area contributed by atoms with Gasteiger partial charge in [0.15, 0.2) is 0 Å². The first-order chi connectivity index (χ1) is 21.9. The molecule has 0 amide bonds. The topological polar surface area (TPSA) is 69.7 Å². The van der Waals surface area contributed by atoms with E-state index in [4.69, 9.17) is 9.47 Å². The van der Waals surface area contributed by atoms with Gasteiger partial charge in [-0.25, -0.2) is 0 Å². The van der Waals surface area contributed by atoms with Crippen LogP contribution in [0.1, 0.15) is 127 Å². The first kappa shape index (κ1) is 34.9. The van der Waals surface area contributed by atoms with Crippen molar-refractivity contribution in [1.29, 1.82) is 0 Å². The first-order valence-corrected chi connectivity index (χ1v) is 19.9. The van der Waals surface area contributed by atoms with Crippen molar-refractivity contribution in [3.8, 4) is 0 Å². The Labute approximate surface area is 289 Å². The van der Waals surface area contributed by atoms with Crippen LogP contribution in [0.15, 0.2) is 42.0 Å². The standard InChI is InChI=1S/C41H58O5Se/c1-27(42)45-26-37(6)30-17-20-38(7)31(36(30,5)19-18-33(37)46-28(2)43)15-16-32-39(38,8)22-24-41(23-21-35(3,4)25-40(32,41)9)34(44)47-29-13-11-10-12-14-29/h10-14,16,30-31,33H,15,17-26H2,1-9H3/t30?,31?,33-,36-,37-,38+,39+,40-,41+/m0/s1. The monoisotopic (exact) mass is 710 g/mol. The summed E-state index contributed by atoms with van der Waals surface area (Å²) in [6.07, 6.45) is 12.5. The number of hydrogen-bond acceptors (Lipinski definition) is 5. The Hall–Kier alpha value is -1.91. The second-order valence-corrected chi connectivity index (χ2v) is 20.3. The smallest absolute Gasteiger partial charge is 0.253 e. The Balaban J connectivity index is 1.41. The average Bonchev–Trinajstić information content (AvgIpc) is 2.98. The number of carbonyl (C=O) groups is 3. The molecule has 0 radical (unpaired) electrons. The number of hydrogen-bond donors (Lipinski definition) is 0. The van der Waals surface area contributed by atoms with Gasteiger partial charge in [-0.15, -0.1) is 0 Å². The van der Waals surface area contributed by atoms with Crippen molar-refractivity contribution < 1.29 is 23.9 Å². The van der Waals surface area contributed by atoms with Gasteiger partial charge in [0.25, 0.3) is 0 Å². The Morgan fingerprint density at radius 2 is 1.47 bits per heavy atom. The molecule has 6 rings (SSSR count). The molecule has 2 unspecified atom stereocenters. The quantitative estimate of drug-likeness (QED) is 0.169. The van der Waals surface area contributed by atoms with E-state index >= 15 is 0 Å². The molecule has 0 spiro atoms. The summed E-state index contributed by atoms with van der Waals surface area (Å²) in [6.45, 7) is 20.5. The molecule has 0 aromatic heterocycles. The fourth-order valence-corrected chi connectivity index (χ4v) is 15.2. The minimum absolute atomic E-state index is 0.00534. The van der Waals surface area contributed by atoms with Gasteiger partial charge in [0.05, 0.1) is 0 Å². The second-order valence-electron chi connectivity index (χ2n) is 18.1. The molecule has 1 aromatic rings. The number of ether oxygens (including phenoxy) is 2. The normalized spacial score (nSPS) is 43.6. The van der Waals surface area contributed by atoms with E-state index in [0.717, 1.165) is 64.2 Å². The molecule has 9 atom stereocenters. The van der Waals surface area contributed by atoms with Crippen LogP contribution in [0.5, 0.6) is 0 Å². The van der Waals surface area contributed by atoms with Crippen molar-refractivity contribution in [2.24, 2.45) is 49.7 Å². The molecule has 4 saturated carbocycles. The van der Waals surface area contributed by atoms with Gasteiger partial charge in [-0.1, -0.05) is 0 Å². The zero-order valence-electron chi connectivity index (χ0n) is 30.4. The van der Waals surface area contributed by atoms with Crippen LogP contribution < -0.4 is 4.46 Å². The van der Waals surface area contributed by atoms with E-state index in [-0.39, 0.29) is 78.0 Å². The molecule has 6 heteroatoms. The molecule has 0 aliphatic heterocycles. The van der Waals surface area contributed by atoms with Crippen molar-refractivity contribution in [3.63, 3.8) is 0 Å². The molecule has 5 aliphatic carbocycles. The fourth-order valence-electron chi connectivity index (χ4n) is 12.8. The number of fused-ring (bicyclic) bond motifs is 7. The predicted octanol–water partition coefficient (Wildman–Crippen LogP) is 8.21. The van der Waals surface area contributed by atoms with Gasteiger partial charge >= 0.3 is 267 Å². The van der Waals surface area contributed by atoms with E-state index in [1.807, 2.05) is 6.07 Å². The van der Waals surface area contributed by atoms with E-state index in [2.05, 4.69) is 78.8 Å². The zero-order valence-corrected chi connectivity index (χ0v) is 32.1. The summed E-state index contributed by atoms with van der Waals surface area (Å²) in [5.74, 6) is 0.181. The molecule has 0 bridgehead atoms. The molecule has 1 aromatic carbocycles. The third-order valence-electron chi connectivity index (χ3n) is 15.2. The molecular formula is C41H58O5Se. The summed E-state index contributed by atoms with van der Waals surface area (Å²) in [7, 11) is 0. The second kappa shape index (κ2) is 11.6. The van der Waals surface area contributed by atoms with Crippen LogP contribution in [0.4, 0.5) is 0 Å². The van der Waals surface area contributed by atoms with E-state index < -0.39 is 5.41 Å². The molecule has 0 heterocycles. The summed E-state index contributed by atoms with van der Waals surface area (Å²) in [5, 5.41) is 0. The number of esters is 2. The predicted molar refractivity (Wildman–Crippen MR) is 187 cm³/mol. The Bertz CT molecular complexity index is 1470. The van der Waals surface area contributed by atoms with Crippen LogP contribution in [0.3, 0.4) is 0 Å². The summed E-state index contributed by atoms with van der Waals surface area (Å²) in [5.41, 5.74) is 0.931. The average molecular weight is 710 g/mol. The fraction of sp³-hybridized carbons (Fsp3) is 0.732. The molecule has 4 fully saturated rings. The van der Waals surface area contributed by atoms with E-state index in [0.29, 0.717) is 10.6 Å². The molecule has 0 saturated heterocycles. The maximum atomic E-state index is 14.7. The van der Waals surface area contributed by atoms with Crippen molar-refractivity contribution >= 4 is 36.0 Å². The first-order valence-electron chi connectivity index (χ1n) is 18.2. The molecule has 258 valence electrons. The van der Waals surface area contributed by atoms with Gasteiger partial charge in [0.2, 0.25) is 0 Å². The van der Waals surface area contributed by atoms with Crippen molar-refractivity contribution in [2.75, 3.05) is 6.61 Å². The minimum Gasteiger partial charge on any atom is -0.253 e. The third-order valence-corrected chi connectivity index (χ3v) is 17.5. The summed E-state index contributed by atoms with van der Waals surface area (Å²) in [4.78, 5) is 39.1. The van der Waals surface area contributed by atoms with Crippen LogP contribution in [0, 0.1) is 49.7 Å². The Kier molecular flexibility index (Phi) is 8.60. The van der Waals surface area contributed by atoms with Gasteiger partial charge < -0.3 is 0 Å². The third kappa shape index (κ3) is 5.16. The van der Waals surface area contributed by atoms with Gasteiger partial charge in [0, 0.05) is 13.8 Å². The number of rotatable bonds is 6.